The van der Waals surface area contributed by atoms with E-state index in [9.17, 15) is 20.0 Å². The van der Waals surface area contributed by atoms with Crippen LogP contribution in [0.3, 0.4) is 0 Å². The lowest BCUT2D eigenvalue weighted by Crippen LogP contribution is -2.04. The lowest BCUT2D eigenvalue weighted by Gasteiger charge is -2.07. The van der Waals surface area contributed by atoms with Crippen molar-refractivity contribution in [3.8, 4) is 27.6 Å². The monoisotopic (exact) mass is 393 g/mol. The van der Waals surface area contributed by atoms with Gasteiger partial charge in [0.15, 0.2) is 0 Å². The Labute approximate surface area is 162 Å². The highest BCUT2D eigenvalue weighted by Gasteiger charge is 2.16. The van der Waals surface area contributed by atoms with E-state index in [4.69, 9.17) is 4.42 Å². The largest absolute Gasteiger partial charge is 0.868 e. The van der Waals surface area contributed by atoms with Gasteiger partial charge in [0.25, 0.3) is 5.69 Å². The van der Waals surface area contributed by atoms with Gasteiger partial charge in [0, 0.05) is 22.4 Å². The fraction of sp³-hybridized carbons (Fsp3) is 0.100. The molecule has 0 N–H and O–H groups in total. The number of fused-ring (bicyclic) bond motifs is 1. The second-order valence-electron chi connectivity index (χ2n) is 6.42. The van der Waals surface area contributed by atoms with Crippen LogP contribution in [0.4, 0.5) is 5.69 Å². The van der Waals surface area contributed by atoms with Crippen molar-refractivity contribution >= 4 is 28.0 Å². The summed E-state index contributed by atoms with van der Waals surface area (Å²) in [6.07, 6.45) is 0. The summed E-state index contributed by atoms with van der Waals surface area (Å²) >= 11 is 1.39. The second-order valence-corrected chi connectivity index (χ2v) is 7.28. The van der Waals surface area contributed by atoms with E-state index in [0.29, 0.717) is 11.1 Å². The molecular weight excluding hydrogens is 380 g/mol. The van der Waals surface area contributed by atoms with Gasteiger partial charge in [-0.15, -0.1) is 11.3 Å². The first-order valence-corrected chi connectivity index (χ1v) is 9.18. The Kier molecular flexibility index (Phi) is 4.20. The molecule has 0 aliphatic rings. The first-order chi connectivity index (χ1) is 13.3. The molecule has 0 aliphatic carbocycles. The number of aryl methyl sites for hydroxylation is 2. The number of hydrogen-bond acceptors (Lipinski definition) is 7. The Balaban J connectivity index is 1.84. The van der Waals surface area contributed by atoms with Gasteiger partial charge in [-0.3, -0.25) is 10.1 Å². The van der Waals surface area contributed by atoms with Gasteiger partial charge in [-0.1, -0.05) is 23.8 Å². The van der Waals surface area contributed by atoms with Crippen LogP contribution in [-0.4, -0.2) is 9.91 Å². The number of benzene rings is 2. The fourth-order valence-corrected chi connectivity index (χ4v) is 3.94. The van der Waals surface area contributed by atoms with Gasteiger partial charge in [0.1, 0.15) is 10.6 Å². The maximum atomic E-state index is 12.4. The molecule has 7 nitrogen and oxygen atoms in total. The minimum absolute atomic E-state index is 0.00850. The average Bonchev–Trinajstić information content (AvgIpc) is 3.10. The molecule has 0 spiro atoms. The van der Waals surface area contributed by atoms with Crippen LogP contribution < -0.4 is 10.7 Å². The maximum absolute atomic E-state index is 12.4. The minimum atomic E-state index is -0.806. The molecule has 0 bridgehead atoms. The molecule has 2 aromatic carbocycles. The third kappa shape index (κ3) is 3.03. The summed E-state index contributed by atoms with van der Waals surface area (Å²) in [5, 5.41) is 25.5. The topological polar surface area (TPSA) is 109 Å². The van der Waals surface area contributed by atoms with Crippen LogP contribution in [0.15, 0.2) is 51.0 Å². The van der Waals surface area contributed by atoms with Crippen LogP contribution in [0.2, 0.25) is 0 Å². The maximum Gasteiger partial charge on any atom is 0.345 e. The quantitative estimate of drug-likeness (QED) is 0.293. The summed E-state index contributed by atoms with van der Waals surface area (Å²) in [7, 11) is 0. The van der Waals surface area contributed by atoms with E-state index in [2.05, 4.69) is 11.1 Å². The van der Waals surface area contributed by atoms with Gasteiger partial charge >= 0.3 is 5.63 Å². The molecule has 8 heteroatoms. The summed E-state index contributed by atoms with van der Waals surface area (Å²) in [6.45, 7) is 4.00. The number of nitrogens with zero attached hydrogens (tertiary/aromatic N) is 2. The summed E-state index contributed by atoms with van der Waals surface area (Å²) in [5.74, 6) is -0.806. The third-order valence-electron chi connectivity index (χ3n) is 4.40. The molecule has 0 radical (unpaired) electrons. The zero-order valence-electron chi connectivity index (χ0n) is 14.9. The van der Waals surface area contributed by atoms with E-state index < -0.39 is 22.0 Å². The number of nitro groups is 1. The first kappa shape index (κ1) is 17.9. The average molecular weight is 393 g/mol. The van der Waals surface area contributed by atoms with Crippen molar-refractivity contribution in [1.82, 2.24) is 4.98 Å². The van der Waals surface area contributed by atoms with E-state index in [-0.39, 0.29) is 11.1 Å². The molecule has 140 valence electrons. The SMILES string of the molecule is Cc1ccc(-c2nc(-c3cc4cc([N+](=O)[O-])c([O-])cc4oc3=O)cs2)c(C)c1. The standard InChI is InChI=1S/C20H14N2O5S/c1-10-3-4-13(11(2)5-10)19-21-15(9-28-19)14-6-12-7-16(22(25)26)17(23)8-18(12)27-20(14)24/h3-9,23H,1-2H3/p-1. The van der Waals surface area contributed by atoms with Crippen LogP contribution in [0.25, 0.3) is 32.8 Å². The predicted octanol–water partition coefficient (Wildman–Crippen LogP) is 4.18. The van der Waals surface area contributed by atoms with Crippen LogP contribution >= 0.6 is 11.3 Å². The number of hydrogen-bond donors (Lipinski definition) is 0. The van der Waals surface area contributed by atoms with Gasteiger partial charge in [-0.25, -0.2) is 9.78 Å². The molecule has 4 rings (SSSR count). The van der Waals surface area contributed by atoms with Crippen molar-refractivity contribution in [2.24, 2.45) is 0 Å². The number of rotatable bonds is 3. The Morgan fingerprint density at radius 2 is 1.89 bits per heavy atom. The lowest BCUT2D eigenvalue weighted by molar-refractivity contribution is -0.398. The summed E-state index contributed by atoms with van der Waals surface area (Å²) in [6, 6.07) is 9.57. The number of thiazole rings is 1. The Bertz CT molecular complexity index is 1310. The Morgan fingerprint density at radius 3 is 2.61 bits per heavy atom. The molecule has 0 amide bonds. The molecule has 4 aromatic rings. The van der Waals surface area contributed by atoms with Crippen LogP contribution in [-0.2, 0) is 0 Å². The van der Waals surface area contributed by atoms with Crippen LogP contribution in [0.1, 0.15) is 11.1 Å². The van der Waals surface area contributed by atoms with E-state index in [1.807, 2.05) is 26.0 Å². The number of nitro benzene ring substituents is 1. The van der Waals surface area contributed by atoms with Gasteiger partial charge in [0.05, 0.1) is 16.2 Å². The van der Waals surface area contributed by atoms with E-state index >= 15 is 0 Å². The van der Waals surface area contributed by atoms with E-state index in [1.54, 1.807) is 5.38 Å². The van der Waals surface area contributed by atoms with Crippen molar-refractivity contribution in [3.05, 3.63) is 73.4 Å². The molecule has 0 aliphatic heterocycles. The molecule has 0 fully saturated rings. The smallest absolute Gasteiger partial charge is 0.345 e. The lowest BCUT2D eigenvalue weighted by atomic mass is 10.1. The Hall–Kier alpha value is -3.52. The first-order valence-electron chi connectivity index (χ1n) is 8.30. The minimum Gasteiger partial charge on any atom is -0.868 e. The zero-order chi connectivity index (χ0) is 20.0. The van der Waals surface area contributed by atoms with Gasteiger partial charge in [-0.2, -0.15) is 0 Å². The summed E-state index contributed by atoms with van der Waals surface area (Å²) in [5.41, 5.74) is 2.59. The third-order valence-corrected chi connectivity index (χ3v) is 5.28. The molecule has 28 heavy (non-hydrogen) atoms. The van der Waals surface area contributed by atoms with Crippen molar-refractivity contribution in [3.63, 3.8) is 0 Å². The predicted molar refractivity (Wildman–Crippen MR) is 105 cm³/mol. The summed E-state index contributed by atoms with van der Waals surface area (Å²) in [4.78, 5) is 27.2. The second kappa shape index (κ2) is 6.58. The molecule has 0 saturated carbocycles. The van der Waals surface area contributed by atoms with Crippen molar-refractivity contribution < 1.29 is 14.4 Å². The fourth-order valence-electron chi connectivity index (χ4n) is 3.03. The van der Waals surface area contributed by atoms with Crippen molar-refractivity contribution in [2.75, 3.05) is 0 Å². The normalized spacial score (nSPS) is 11.1. The number of aromatic nitrogens is 1. The van der Waals surface area contributed by atoms with Gasteiger partial charge < -0.3 is 9.52 Å². The zero-order valence-corrected chi connectivity index (χ0v) is 15.7. The highest BCUT2D eigenvalue weighted by molar-refractivity contribution is 7.13. The van der Waals surface area contributed by atoms with Gasteiger partial charge in [0.2, 0.25) is 0 Å². The molecule has 2 aromatic heterocycles. The molecule has 0 unspecified atom stereocenters. The molecule has 0 saturated heterocycles. The van der Waals surface area contributed by atoms with Crippen molar-refractivity contribution in [2.45, 2.75) is 13.8 Å². The van der Waals surface area contributed by atoms with Crippen LogP contribution in [0, 0.1) is 24.0 Å². The summed E-state index contributed by atoms with van der Waals surface area (Å²) < 4.78 is 5.20. The van der Waals surface area contributed by atoms with Gasteiger partial charge in [-0.05, 0) is 37.3 Å². The van der Waals surface area contributed by atoms with E-state index in [1.165, 1.54) is 17.4 Å². The van der Waals surface area contributed by atoms with Crippen LogP contribution in [0.5, 0.6) is 5.75 Å². The highest BCUT2D eigenvalue weighted by Crippen LogP contribution is 2.33. The van der Waals surface area contributed by atoms with E-state index in [0.717, 1.165) is 33.8 Å². The van der Waals surface area contributed by atoms with Crippen molar-refractivity contribution in [1.29, 1.82) is 0 Å². The Morgan fingerprint density at radius 1 is 1.11 bits per heavy atom. The molecule has 2 heterocycles. The highest BCUT2D eigenvalue weighted by atomic mass is 32.1. The molecular formula is C20H13N2O5S-. The molecule has 0 atom stereocenters.